The van der Waals surface area contributed by atoms with Crippen LogP contribution in [0.5, 0.6) is 0 Å². The van der Waals surface area contributed by atoms with Crippen molar-refractivity contribution in [2.24, 2.45) is 0 Å². The largest absolute Gasteiger partial charge is 0.294 e. The number of nitrogens with zero attached hydrogens (tertiary/aromatic N) is 5. The van der Waals surface area contributed by atoms with Gasteiger partial charge in [-0.1, -0.05) is 0 Å². The normalized spacial score (nSPS) is 15.4. The number of fused-ring (bicyclic) bond motifs is 1. The van der Waals surface area contributed by atoms with Crippen LogP contribution >= 0.6 is 0 Å². The third-order valence-electron chi connectivity index (χ3n) is 3.15. The molecule has 0 fully saturated rings. The fourth-order valence-corrected chi connectivity index (χ4v) is 2.28. The first-order chi connectivity index (χ1) is 8.81. The highest BCUT2D eigenvalue weighted by atomic mass is 15.1. The van der Waals surface area contributed by atoms with E-state index in [0.717, 1.165) is 37.4 Å². The maximum absolute atomic E-state index is 4.49. The van der Waals surface area contributed by atoms with Gasteiger partial charge in [0.25, 0.3) is 0 Å². The van der Waals surface area contributed by atoms with Crippen LogP contribution < -0.4 is 0 Å². The van der Waals surface area contributed by atoms with Gasteiger partial charge in [0.15, 0.2) is 0 Å². The minimum atomic E-state index is 0.860. The quantitative estimate of drug-likeness (QED) is 0.789. The maximum Gasteiger partial charge on any atom is 0.125 e. The molecule has 0 spiro atoms. The Labute approximate surface area is 106 Å². The van der Waals surface area contributed by atoms with Crippen molar-refractivity contribution < 1.29 is 0 Å². The lowest BCUT2D eigenvalue weighted by Gasteiger charge is -2.27. The Bertz CT molecular complexity index is 540. The minimum Gasteiger partial charge on any atom is -0.294 e. The van der Waals surface area contributed by atoms with E-state index >= 15 is 0 Å². The highest BCUT2D eigenvalue weighted by Gasteiger charge is 2.17. The van der Waals surface area contributed by atoms with E-state index in [0.29, 0.717) is 0 Å². The molecule has 0 saturated heterocycles. The summed E-state index contributed by atoms with van der Waals surface area (Å²) in [6, 6.07) is 0. The average molecular weight is 241 g/mol. The molecule has 2 aromatic rings. The molecule has 5 nitrogen and oxygen atoms in total. The molecule has 0 amide bonds. The Balaban J connectivity index is 1.73. The smallest absolute Gasteiger partial charge is 0.125 e. The van der Waals surface area contributed by atoms with Gasteiger partial charge in [-0.05, 0) is 6.92 Å². The summed E-state index contributed by atoms with van der Waals surface area (Å²) in [4.78, 5) is 19.2. The Morgan fingerprint density at radius 1 is 1.22 bits per heavy atom. The van der Waals surface area contributed by atoms with Gasteiger partial charge in [0, 0.05) is 61.5 Å². The fraction of sp³-hybridized carbons (Fsp3) is 0.385. The van der Waals surface area contributed by atoms with Crippen molar-refractivity contribution in [3.63, 3.8) is 0 Å². The lowest BCUT2D eigenvalue weighted by Crippen LogP contribution is -2.31. The van der Waals surface area contributed by atoms with E-state index in [2.05, 4.69) is 24.8 Å². The molecule has 0 radical (unpaired) electrons. The van der Waals surface area contributed by atoms with E-state index in [1.165, 1.54) is 11.3 Å². The van der Waals surface area contributed by atoms with Crippen molar-refractivity contribution in [2.75, 3.05) is 6.54 Å². The molecule has 18 heavy (non-hydrogen) atoms. The third kappa shape index (κ3) is 2.36. The second-order valence-electron chi connectivity index (χ2n) is 4.60. The van der Waals surface area contributed by atoms with E-state index in [-0.39, 0.29) is 0 Å². The topological polar surface area (TPSA) is 54.8 Å². The highest BCUT2D eigenvalue weighted by Crippen LogP contribution is 2.17. The summed E-state index contributed by atoms with van der Waals surface area (Å²) in [5.41, 5.74) is 3.58. The zero-order chi connectivity index (χ0) is 12.4. The van der Waals surface area contributed by atoms with Gasteiger partial charge in [0.2, 0.25) is 0 Å². The van der Waals surface area contributed by atoms with Crippen LogP contribution in [-0.2, 0) is 19.5 Å². The molecule has 0 N–H and O–H groups in total. The number of aromatic nitrogens is 4. The Kier molecular flexibility index (Phi) is 2.98. The molecule has 0 unspecified atom stereocenters. The number of rotatable bonds is 2. The third-order valence-corrected chi connectivity index (χ3v) is 3.15. The van der Waals surface area contributed by atoms with Crippen LogP contribution in [0.15, 0.2) is 24.9 Å². The second kappa shape index (κ2) is 4.78. The summed E-state index contributed by atoms with van der Waals surface area (Å²) < 4.78 is 0. The summed E-state index contributed by atoms with van der Waals surface area (Å²) in [6.45, 7) is 4.75. The molecule has 92 valence electrons. The lowest BCUT2D eigenvalue weighted by molar-refractivity contribution is 0.242. The van der Waals surface area contributed by atoms with Crippen molar-refractivity contribution in [2.45, 2.75) is 26.4 Å². The molecule has 5 heteroatoms. The van der Waals surface area contributed by atoms with Crippen LogP contribution in [0, 0.1) is 6.92 Å². The Morgan fingerprint density at radius 3 is 2.89 bits per heavy atom. The fourth-order valence-electron chi connectivity index (χ4n) is 2.28. The van der Waals surface area contributed by atoms with E-state index in [1.54, 1.807) is 6.33 Å². The first-order valence-corrected chi connectivity index (χ1v) is 6.09. The zero-order valence-corrected chi connectivity index (χ0v) is 10.4. The zero-order valence-electron chi connectivity index (χ0n) is 10.4. The summed E-state index contributed by atoms with van der Waals surface area (Å²) in [5, 5.41) is 0. The molecule has 0 bridgehead atoms. The molecule has 1 aliphatic heterocycles. The van der Waals surface area contributed by atoms with E-state index in [4.69, 9.17) is 0 Å². The summed E-state index contributed by atoms with van der Waals surface area (Å²) in [7, 11) is 0. The molecule has 0 saturated carbocycles. The number of aryl methyl sites for hydroxylation is 1. The van der Waals surface area contributed by atoms with Crippen molar-refractivity contribution >= 4 is 0 Å². The van der Waals surface area contributed by atoms with Crippen LogP contribution in [0.1, 0.15) is 22.6 Å². The van der Waals surface area contributed by atoms with Crippen molar-refractivity contribution in [1.82, 2.24) is 24.8 Å². The van der Waals surface area contributed by atoms with E-state index in [1.807, 2.05) is 25.5 Å². The molecule has 0 aromatic carbocycles. The predicted molar refractivity (Wildman–Crippen MR) is 66.6 cm³/mol. The van der Waals surface area contributed by atoms with Gasteiger partial charge >= 0.3 is 0 Å². The van der Waals surface area contributed by atoms with Crippen LogP contribution in [0.4, 0.5) is 0 Å². The van der Waals surface area contributed by atoms with Crippen molar-refractivity contribution in [1.29, 1.82) is 0 Å². The van der Waals surface area contributed by atoms with Crippen LogP contribution in [0.25, 0.3) is 0 Å². The first-order valence-electron chi connectivity index (χ1n) is 6.09. The molecular formula is C13H15N5. The SMILES string of the molecule is Cc1ncc2c(n1)CCN(Cc1cncnc1)C2. The van der Waals surface area contributed by atoms with Gasteiger partial charge in [-0.3, -0.25) is 4.90 Å². The van der Waals surface area contributed by atoms with E-state index in [9.17, 15) is 0 Å². The van der Waals surface area contributed by atoms with Gasteiger partial charge in [-0.2, -0.15) is 0 Å². The molecule has 2 aromatic heterocycles. The molecule has 3 rings (SSSR count). The van der Waals surface area contributed by atoms with Crippen LogP contribution in [-0.4, -0.2) is 31.4 Å². The predicted octanol–water partition coefficient (Wildman–Crippen LogP) is 1.13. The molecular weight excluding hydrogens is 226 g/mol. The first kappa shape index (κ1) is 11.2. The number of hydrogen-bond donors (Lipinski definition) is 0. The molecule has 0 aliphatic carbocycles. The number of hydrogen-bond acceptors (Lipinski definition) is 5. The maximum atomic E-state index is 4.49. The van der Waals surface area contributed by atoms with Gasteiger partial charge in [-0.25, -0.2) is 19.9 Å². The van der Waals surface area contributed by atoms with Crippen molar-refractivity contribution in [3.8, 4) is 0 Å². The Hall–Kier alpha value is -1.88. The second-order valence-corrected chi connectivity index (χ2v) is 4.60. The highest BCUT2D eigenvalue weighted by molar-refractivity contribution is 5.20. The molecule has 1 aliphatic rings. The summed E-state index contributed by atoms with van der Waals surface area (Å²) in [6.07, 6.45) is 8.24. The molecule has 0 atom stereocenters. The standard InChI is InChI=1S/C13H15N5/c1-10-16-6-12-8-18(3-2-13(12)17-10)7-11-4-14-9-15-5-11/h4-6,9H,2-3,7-8H2,1H3. The van der Waals surface area contributed by atoms with E-state index < -0.39 is 0 Å². The summed E-state index contributed by atoms with van der Waals surface area (Å²) in [5.74, 6) is 0.860. The van der Waals surface area contributed by atoms with Crippen molar-refractivity contribution in [3.05, 3.63) is 47.6 Å². The monoisotopic (exact) mass is 241 g/mol. The Morgan fingerprint density at radius 2 is 2.06 bits per heavy atom. The minimum absolute atomic E-state index is 0.860. The summed E-state index contributed by atoms with van der Waals surface area (Å²) >= 11 is 0. The van der Waals surface area contributed by atoms with Gasteiger partial charge < -0.3 is 0 Å². The van der Waals surface area contributed by atoms with Gasteiger partial charge in [-0.15, -0.1) is 0 Å². The molecule has 3 heterocycles. The van der Waals surface area contributed by atoms with Crippen LogP contribution in [0.3, 0.4) is 0 Å². The van der Waals surface area contributed by atoms with Gasteiger partial charge in [0.05, 0.1) is 0 Å². The van der Waals surface area contributed by atoms with Gasteiger partial charge in [0.1, 0.15) is 12.2 Å². The lowest BCUT2D eigenvalue weighted by atomic mass is 10.1. The van der Waals surface area contributed by atoms with Crippen LogP contribution in [0.2, 0.25) is 0 Å². The average Bonchev–Trinajstić information content (AvgIpc) is 2.40.